The number of hydrogen-bond donors (Lipinski definition) is 0. The van der Waals surface area contributed by atoms with Gasteiger partial charge in [-0.25, -0.2) is 4.98 Å². The first-order valence-corrected chi connectivity index (χ1v) is 5.34. The minimum absolute atomic E-state index is 0.155. The number of halogens is 2. The normalized spacial score (nSPS) is 10.2. The largest absolute Gasteiger partial charge is 0.437 e. The molecule has 3 nitrogen and oxygen atoms in total. The average Bonchev–Trinajstić information content (AvgIpc) is 2.20. The maximum absolute atomic E-state index is 5.95. The second-order valence-corrected chi connectivity index (χ2v) is 3.89. The molecule has 0 fully saturated rings. The van der Waals surface area contributed by atoms with Gasteiger partial charge in [-0.15, -0.1) is 0 Å². The summed E-state index contributed by atoms with van der Waals surface area (Å²) in [7, 11) is 0. The molecular formula is C11H8Cl2N2O. The van der Waals surface area contributed by atoms with Gasteiger partial charge in [0.05, 0.1) is 5.02 Å². The van der Waals surface area contributed by atoms with Crippen molar-refractivity contribution in [2.75, 3.05) is 0 Å². The van der Waals surface area contributed by atoms with E-state index in [-0.39, 0.29) is 5.28 Å². The van der Waals surface area contributed by atoms with Crippen molar-refractivity contribution in [1.29, 1.82) is 0 Å². The molecule has 0 unspecified atom stereocenters. The summed E-state index contributed by atoms with van der Waals surface area (Å²) in [5.41, 5.74) is 0.738. The van der Waals surface area contributed by atoms with E-state index in [0.29, 0.717) is 16.7 Å². The maximum Gasteiger partial charge on any atom is 0.225 e. The molecule has 0 aliphatic rings. The number of nitrogens with zero attached hydrogens (tertiary/aromatic N) is 2. The van der Waals surface area contributed by atoms with Crippen LogP contribution in [0.4, 0.5) is 0 Å². The van der Waals surface area contributed by atoms with Crippen molar-refractivity contribution in [3.63, 3.8) is 0 Å². The third-order valence-electron chi connectivity index (χ3n) is 1.85. The summed E-state index contributed by atoms with van der Waals surface area (Å²) >= 11 is 11.7. The molecule has 82 valence electrons. The molecule has 1 aromatic carbocycles. The molecule has 2 rings (SSSR count). The number of benzene rings is 1. The fourth-order valence-corrected chi connectivity index (χ4v) is 1.59. The van der Waals surface area contributed by atoms with E-state index < -0.39 is 0 Å². The quantitative estimate of drug-likeness (QED) is 0.763. The Kier molecular flexibility index (Phi) is 3.27. The monoisotopic (exact) mass is 254 g/mol. The molecule has 0 radical (unpaired) electrons. The summed E-state index contributed by atoms with van der Waals surface area (Å²) in [6.07, 6.45) is 0. The van der Waals surface area contributed by atoms with Crippen LogP contribution in [0.3, 0.4) is 0 Å². The van der Waals surface area contributed by atoms with Gasteiger partial charge in [0.25, 0.3) is 0 Å². The molecule has 2 aromatic rings. The molecule has 0 saturated carbocycles. The first kappa shape index (κ1) is 11.2. The first-order valence-electron chi connectivity index (χ1n) is 4.59. The summed E-state index contributed by atoms with van der Waals surface area (Å²) in [6, 6.07) is 8.85. The van der Waals surface area contributed by atoms with Gasteiger partial charge in [-0.05, 0) is 30.7 Å². The summed E-state index contributed by atoms with van der Waals surface area (Å²) in [5.74, 6) is 0.920. The van der Waals surface area contributed by atoms with Gasteiger partial charge in [0, 0.05) is 11.8 Å². The molecule has 1 heterocycles. The highest BCUT2D eigenvalue weighted by Gasteiger charge is 2.05. The topological polar surface area (TPSA) is 35.0 Å². The Balaban J connectivity index is 2.30. The Morgan fingerprint density at radius 1 is 1.12 bits per heavy atom. The smallest absolute Gasteiger partial charge is 0.225 e. The van der Waals surface area contributed by atoms with Crippen LogP contribution in [-0.2, 0) is 0 Å². The van der Waals surface area contributed by atoms with Crippen LogP contribution < -0.4 is 4.74 Å². The van der Waals surface area contributed by atoms with Crippen molar-refractivity contribution in [2.24, 2.45) is 0 Å². The molecule has 1 aromatic heterocycles. The number of para-hydroxylation sites is 1. The third kappa shape index (κ3) is 2.62. The van der Waals surface area contributed by atoms with Crippen LogP contribution in [-0.4, -0.2) is 9.97 Å². The third-order valence-corrected chi connectivity index (χ3v) is 2.34. The Labute approximate surface area is 103 Å². The predicted molar refractivity (Wildman–Crippen MR) is 63.3 cm³/mol. The fraction of sp³-hybridized carbons (Fsp3) is 0.0909. The molecule has 0 aliphatic heterocycles. The Morgan fingerprint density at radius 3 is 2.56 bits per heavy atom. The van der Waals surface area contributed by atoms with Gasteiger partial charge < -0.3 is 4.74 Å². The molecule has 0 atom stereocenters. The van der Waals surface area contributed by atoms with Crippen LogP contribution in [0.15, 0.2) is 30.3 Å². The molecule has 0 aliphatic carbocycles. The van der Waals surface area contributed by atoms with Crippen molar-refractivity contribution in [3.05, 3.63) is 46.3 Å². The highest BCUT2D eigenvalue weighted by molar-refractivity contribution is 6.32. The number of rotatable bonds is 2. The number of aryl methyl sites for hydroxylation is 1. The molecule has 0 bridgehead atoms. The lowest BCUT2D eigenvalue weighted by atomic mass is 10.3. The lowest BCUT2D eigenvalue weighted by Crippen LogP contribution is -1.92. The van der Waals surface area contributed by atoms with Crippen molar-refractivity contribution in [1.82, 2.24) is 9.97 Å². The second-order valence-electron chi connectivity index (χ2n) is 3.15. The van der Waals surface area contributed by atoms with E-state index in [4.69, 9.17) is 27.9 Å². The van der Waals surface area contributed by atoms with Crippen LogP contribution in [0.1, 0.15) is 5.69 Å². The molecule has 5 heteroatoms. The zero-order valence-electron chi connectivity index (χ0n) is 8.45. The minimum atomic E-state index is 0.155. The minimum Gasteiger partial charge on any atom is -0.437 e. The number of ether oxygens (including phenoxy) is 1. The van der Waals surface area contributed by atoms with E-state index in [1.165, 1.54) is 0 Å². The summed E-state index contributed by atoms with van der Waals surface area (Å²) in [5, 5.41) is 0.678. The van der Waals surface area contributed by atoms with Crippen LogP contribution in [0, 0.1) is 6.92 Å². The molecule has 0 saturated heterocycles. The van der Waals surface area contributed by atoms with Crippen LogP contribution in [0.2, 0.25) is 10.3 Å². The van der Waals surface area contributed by atoms with E-state index in [1.54, 1.807) is 18.2 Å². The lowest BCUT2D eigenvalue weighted by Gasteiger charge is -2.06. The number of hydrogen-bond acceptors (Lipinski definition) is 3. The summed E-state index contributed by atoms with van der Waals surface area (Å²) in [4.78, 5) is 7.88. The van der Waals surface area contributed by atoms with Gasteiger partial charge in [0.2, 0.25) is 11.2 Å². The van der Waals surface area contributed by atoms with E-state index >= 15 is 0 Å². The molecule has 0 N–H and O–H groups in total. The van der Waals surface area contributed by atoms with E-state index in [0.717, 1.165) is 5.69 Å². The Morgan fingerprint density at radius 2 is 1.88 bits per heavy atom. The average molecular weight is 255 g/mol. The Hall–Kier alpha value is -1.32. The molecule has 0 spiro atoms. The van der Waals surface area contributed by atoms with E-state index in [9.17, 15) is 0 Å². The van der Waals surface area contributed by atoms with Gasteiger partial charge in [0.15, 0.2) is 0 Å². The van der Waals surface area contributed by atoms with Crippen molar-refractivity contribution >= 4 is 23.2 Å². The van der Waals surface area contributed by atoms with Gasteiger partial charge in [-0.3, -0.25) is 0 Å². The first-order chi connectivity index (χ1) is 7.65. The summed E-state index contributed by atoms with van der Waals surface area (Å²) < 4.78 is 5.50. The highest BCUT2D eigenvalue weighted by Crippen LogP contribution is 2.28. The van der Waals surface area contributed by atoms with Gasteiger partial charge in [0.1, 0.15) is 5.75 Å². The van der Waals surface area contributed by atoms with E-state index in [1.807, 2.05) is 19.1 Å². The van der Waals surface area contributed by atoms with Gasteiger partial charge in [-0.1, -0.05) is 23.7 Å². The number of aromatic nitrogens is 2. The molecule has 16 heavy (non-hydrogen) atoms. The van der Waals surface area contributed by atoms with Crippen molar-refractivity contribution in [3.8, 4) is 11.6 Å². The van der Waals surface area contributed by atoms with Crippen LogP contribution in [0.25, 0.3) is 0 Å². The van der Waals surface area contributed by atoms with Crippen LogP contribution in [0.5, 0.6) is 11.6 Å². The molecular weight excluding hydrogens is 247 g/mol. The predicted octanol–water partition coefficient (Wildman–Crippen LogP) is 3.88. The second kappa shape index (κ2) is 4.68. The van der Waals surface area contributed by atoms with Gasteiger partial charge >= 0.3 is 0 Å². The van der Waals surface area contributed by atoms with Gasteiger partial charge in [-0.2, -0.15) is 4.98 Å². The zero-order chi connectivity index (χ0) is 11.5. The Bertz CT molecular complexity index is 497. The standard InChI is InChI=1S/C11H8Cl2N2O/c1-7-6-10(15-11(13)14-7)16-9-5-3-2-4-8(9)12/h2-6H,1H3. The summed E-state index contributed by atoms with van der Waals surface area (Å²) in [6.45, 7) is 1.81. The van der Waals surface area contributed by atoms with Crippen molar-refractivity contribution < 1.29 is 4.74 Å². The lowest BCUT2D eigenvalue weighted by molar-refractivity contribution is 0.461. The highest BCUT2D eigenvalue weighted by atomic mass is 35.5. The van der Waals surface area contributed by atoms with E-state index in [2.05, 4.69) is 9.97 Å². The fourth-order valence-electron chi connectivity index (χ4n) is 1.20. The molecule has 0 amide bonds. The zero-order valence-corrected chi connectivity index (χ0v) is 9.96. The van der Waals surface area contributed by atoms with Crippen LogP contribution >= 0.6 is 23.2 Å². The SMILES string of the molecule is Cc1cc(Oc2ccccc2Cl)nc(Cl)n1. The maximum atomic E-state index is 5.95. The van der Waals surface area contributed by atoms with Crippen molar-refractivity contribution in [2.45, 2.75) is 6.92 Å².